The molecule has 90 valence electrons. The Morgan fingerprint density at radius 3 is 2.53 bits per heavy atom. The van der Waals surface area contributed by atoms with Crippen LogP contribution in [0.4, 0.5) is 0 Å². The summed E-state index contributed by atoms with van der Waals surface area (Å²) in [6, 6.07) is -0.386. The molecule has 0 heterocycles. The molecule has 0 bridgehead atoms. The van der Waals surface area contributed by atoms with Gasteiger partial charge in [0.25, 0.3) is 0 Å². The van der Waals surface area contributed by atoms with Gasteiger partial charge in [-0.15, -0.1) is 0 Å². The van der Waals surface area contributed by atoms with E-state index in [1.165, 1.54) is 0 Å². The molecule has 4 N–H and O–H groups in total. The lowest BCUT2D eigenvalue weighted by atomic mass is 10.0. The van der Waals surface area contributed by atoms with E-state index in [4.69, 9.17) is 10.8 Å². The Hall–Kier alpha value is -0.610. The van der Waals surface area contributed by atoms with Gasteiger partial charge in [0.05, 0.1) is 6.04 Å². The highest BCUT2D eigenvalue weighted by molar-refractivity contribution is 5.81. The van der Waals surface area contributed by atoms with Crippen molar-refractivity contribution in [3.05, 3.63) is 0 Å². The van der Waals surface area contributed by atoms with Crippen LogP contribution >= 0.6 is 0 Å². The highest BCUT2D eigenvalue weighted by Gasteiger charge is 2.13. The maximum absolute atomic E-state index is 11.4. The fourth-order valence-corrected chi connectivity index (χ4v) is 1.37. The van der Waals surface area contributed by atoms with Gasteiger partial charge >= 0.3 is 0 Å². The summed E-state index contributed by atoms with van der Waals surface area (Å²) in [6.45, 7) is 4.98. The molecule has 0 fully saturated rings. The van der Waals surface area contributed by atoms with E-state index >= 15 is 0 Å². The Morgan fingerprint density at radius 1 is 1.33 bits per heavy atom. The van der Waals surface area contributed by atoms with E-state index in [-0.39, 0.29) is 18.6 Å². The van der Waals surface area contributed by atoms with Crippen LogP contribution in [0.2, 0.25) is 0 Å². The number of aliphatic hydroxyl groups is 1. The van der Waals surface area contributed by atoms with Gasteiger partial charge in [0.2, 0.25) is 5.91 Å². The quantitative estimate of drug-likeness (QED) is 0.521. The average Bonchev–Trinajstić information content (AvgIpc) is 2.16. The number of amides is 1. The van der Waals surface area contributed by atoms with Gasteiger partial charge in [-0.2, -0.15) is 0 Å². The Balaban J connectivity index is 3.47. The fraction of sp³-hybridized carbons (Fsp3) is 0.909. The summed E-state index contributed by atoms with van der Waals surface area (Å²) in [7, 11) is 0. The lowest BCUT2D eigenvalue weighted by Crippen LogP contribution is -2.41. The average molecular weight is 216 g/mol. The Kier molecular flexibility index (Phi) is 8.33. The maximum Gasteiger partial charge on any atom is 0.236 e. The summed E-state index contributed by atoms with van der Waals surface area (Å²) in [5.41, 5.74) is 5.71. The smallest absolute Gasteiger partial charge is 0.236 e. The molecule has 0 aromatic carbocycles. The van der Waals surface area contributed by atoms with Gasteiger partial charge in [-0.05, 0) is 31.6 Å². The molecule has 0 aliphatic carbocycles. The zero-order valence-electron chi connectivity index (χ0n) is 9.83. The zero-order valence-corrected chi connectivity index (χ0v) is 9.83. The summed E-state index contributed by atoms with van der Waals surface area (Å²) in [4.78, 5) is 11.4. The number of carbonyl (C=O) groups is 1. The second kappa shape index (κ2) is 8.68. The van der Waals surface area contributed by atoms with Crippen LogP contribution in [0.25, 0.3) is 0 Å². The molecule has 4 nitrogen and oxygen atoms in total. The molecule has 0 unspecified atom stereocenters. The third kappa shape index (κ3) is 8.39. The number of hydrogen-bond acceptors (Lipinski definition) is 3. The summed E-state index contributed by atoms with van der Waals surface area (Å²) < 4.78 is 0. The van der Waals surface area contributed by atoms with Crippen LogP contribution in [-0.2, 0) is 4.79 Å². The standard InChI is InChI=1S/C11H24N2O2/c1-9(2)8-10(12)11(15)13-6-4-3-5-7-14/h9-10,14H,3-8,12H2,1-2H3,(H,13,15)/t10-/m1/s1. The number of nitrogens with two attached hydrogens (primary N) is 1. The van der Waals surface area contributed by atoms with Crippen LogP contribution in [0.5, 0.6) is 0 Å². The molecule has 0 aromatic rings. The monoisotopic (exact) mass is 216 g/mol. The van der Waals surface area contributed by atoms with E-state index < -0.39 is 0 Å². The topological polar surface area (TPSA) is 75.4 Å². The minimum absolute atomic E-state index is 0.0623. The van der Waals surface area contributed by atoms with E-state index in [2.05, 4.69) is 5.32 Å². The molecule has 1 atom stereocenters. The van der Waals surface area contributed by atoms with Crippen molar-refractivity contribution in [1.29, 1.82) is 0 Å². The van der Waals surface area contributed by atoms with Crippen LogP contribution in [-0.4, -0.2) is 30.2 Å². The van der Waals surface area contributed by atoms with Crippen molar-refractivity contribution in [3.63, 3.8) is 0 Å². The zero-order chi connectivity index (χ0) is 11.7. The first-order chi connectivity index (χ1) is 7.07. The summed E-state index contributed by atoms with van der Waals surface area (Å²) in [5.74, 6) is 0.382. The first kappa shape index (κ1) is 14.4. The molecule has 0 aromatic heterocycles. The van der Waals surface area contributed by atoms with E-state index in [9.17, 15) is 4.79 Å². The number of nitrogens with one attached hydrogen (secondary N) is 1. The third-order valence-electron chi connectivity index (χ3n) is 2.20. The van der Waals surface area contributed by atoms with Crippen LogP contribution < -0.4 is 11.1 Å². The second-order valence-corrected chi connectivity index (χ2v) is 4.31. The number of carbonyl (C=O) groups excluding carboxylic acids is 1. The Morgan fingerprint density at radius 2 is 2.00 bits per heavy atom. The summed E-state index contributed by atoms with van der Waals surface area (Å²) in [6.07, 6.45) is 3.37. The highest BCUT2D eigenvalue weighted by atomic mass is 16.2. The predicted octanol–water partition coefficient (Wildman–Crippen LogP) is 0.639. The first-order valence-electron chi connectivity index (χ1n) is 5.72. The van der Waals surface area contributed by atoms with Crippen molar-refractivity contribution < 1.29 is 9.90 Å². The third-order valence-corrected chi connectivity index (χ3v) is 2.20. The van der Waals surface area contributed by atoms with Crippen LogP contribution in [0.15, 0.2) is 0 Å². The molecule has 4 heteroatoms. The predicted molar refractivity (Wildman–Crippen MR) is 61.4 cm³/mol. The van der Waals surface area contributed by atoms with E-state index in [1.54, 1.807) is 0 Å². The molecular formula is C11H24N2O2. The lowest BCUT2D eigenvalue weighted by Gasteiger charge is -2.13. The van der Waals surface area contributed by atoms with Gasteiger partial charge in [0.15, 0.2) is 0 Å². The van der Waals surface area contributed by atoms with Gasteiger partial charge < -0.3 is 16.2 Å². The molecule has 0 aliphatic heterocycles. The SMILES string of the molecule is CC(C)C[C@@H](N)C(=O)NCCCCCO. The number of unbranched alkanes of at least 4 members (excludes halogenated alkanes) is 2. The van der Waals surface area contributed by atoms with E-state index in [0.29, 0.717) is 12.5 Å². The van der Waals surface area contributed by atoms with E-state index in [1.807, 2.05) is 13.8 Å². The molecule has 0 saturated carbocycles. The molecular weight excluding hydrogens is 192 g/mol. The van der Waals surface area contributed by atoms with Gasteiger partial charge in [-0.1, -0.05) is 13.8 Å². The van der Waals surface area contributed by atoms with Gasteiger partial charge in [-0.25, -0.2) is 0 Å². The molecule has 0 saturated heterocycles. The van der Waals surface area contributed by atoms with Gasteiger partial charge in [-0.3, -0.25) is 4.79 Å². The Bertz CT molecular complexity index is 172. The van der Waals surface area contributed by atoms with E-state index in [0.717, 1.165) is 25.7 Å². The van der Waals surface area contributed by atoms with Gasteiger partial charge in [0.1, 0.15) is 0 Å². The van der Waals surface area contributed by atoms with Crippen molar-refractivity contribution in [3.8, 4) is 0 Å². The summed E-state index contributed by atoms with van der Waals surface area (Å²) >= 11 is 0. The first-order valence-corrected chi connectivity index (χ1v) is 5.72. The van der Waals surface area contributed by atoms with Crippen LogP contribution in [0.3, 0.4) is 0 Å². The molecule has 0 aliphatic rings. The molecule has 15 heavy (non-hydrogen) atoms. The van der Waals surface area contributed by atoms with Crippen molar-refractivity contribution in [2.45, 2.75) is 45.6 Å². The van der Waals surface area contributed by atoms with Crippen LogP contribution in [0, 0.1) is 5.92 Å². The lowest BCUT2D eigenvalue weighted by molar-refractivity contribution is -0.122. The largest absolute Gasteiger partial charge is 0.396 e. The molecule has 1 amide bonds. The molecule has 0 rings (SSSR count). The number of rotatable bonds is 8. The van der Waals surface area contributed by atoms with Crippen molar-refractivity contribution >= 4 is 5.91 Å². The maximum atomic E-state index is 11.4. The van der Waals surface area contributed by atoms with Crippen molar-refractivity contribution in [1.82, 2.24) is 5.32 Å². The summed E-state index contributed by atoms with van der Waals surface area (Å²) in [5, 5.41) is 11.4. The highest BCUT2D eigenvalue weighted by Crippen LogP contribution is 2.02. The number of hydrogen-bond donors (Lipinski definition) is 3. The minimum Gasteiger partial charge on any atom is -0.396 e. The van der Waals surface area contributed by atoms with Crippen molar-refractivity contribution in [2.24, 2.45) is 11.7 Å². The normalized spacial score (nSPS) is 12.9. The minimum atomic E-state index is -0.386. The second-order valence-electron chi connectivity index (χ2n) is 4.31. The number of aliphatic hydroxyl groups excluding tert-OH is 1. The Labute approximate surface area is 92.2 Å². The van der Waals surface area contributed by atoms with Crippen molar-refractivity contribution in [2.75, 3.05) is 13.2 Å². The molecule has 0 radical (unpaired) electrons. The van der Waals surface area contributed by atoms with Gasteiger partial charge in [0, 0.05) is 13.2 Å². The molecule has 0 spiro atoms. The van der Waals surface area contributed by atoms with Crippen LogP contribution in [0.1, 0.15) is 39.5 Å². The fourth-order valence-electron chi connectivity index (χ4n) is 1.37.